The van der Waals surface area contributed by atoms with Crippen LogP contribution in [0.15, 0.2) is 11.6 Å². The standard InChI is InChI=1S/C21H30O4/c1-12(22)21(25)11-17(24)18-15-5-4-13-10-14(23)6-8-19(13,2)16(15)7-9-20(18,21)3/h10,15-18,24-25H,4-9,11H2,1-3H3/t15-,16+,17-,18-,19+,20+,21+/m1/s1. The molecule has 0 amide bonds. The van der Waals surface area contributed by atoms with Crippen LogP contribution in [-0.2, 0) is 9.59 Å². The highest BCUT2D eigenvalue weighted by Crippen LogP contribution is 2.67. The van der Waals surface area contributed by atoms with E-state index in [4.69, 9.17) is 0 Å². The molecule has 4 aliphatic rings. The van der Waals surface area contributed by atoms with E-state index >= 15 is 0 Å². The minimum Gasteiger partial charge on any atom is -0.393 e. The molecule has 3 fully saturated rings. The van der Waals surface area contributed by atoms with Crippen molar-refractivity contribution in [1.82, 2.24) is 0 Å². The van der Waals surface area contributed by atoms with Gasteiger partial charge in [0.25, 0.3) is 0 Å². The molecule has 0 aromatic rings. The van der Waals surface area contributed by atoms with Crippen molar-refractivity contribution in [1.29, 1.82) is 0 Å². The Bertz CT molecular complexity index is 667. The van der Waals surface area contributed by atoms with Crippen molar-refractivity contribution in [2.45, 2.75) is 77.4 Å². The van der Waals surface area contributed by atoms with Crippen molar-refractivity contribution in [3.8, 4) is 0 Å². The summed E-state index contributed by atoms with van der Waals surface area (Å²) in [6.07, 6.45) is 6.53. The number of aliphatic hydroxyl groups is 2. The van der Waals surface area contributed by atoms with Crippen LogP contribution in [-0.4, -0.2) is 33.5 Å². The number of Topliss-reactive ketones (excluding diaryl/α,β-unsaturated/α-hetero) is 1. The van der Waals surface area contributed by atoms with Crippen molar-refractivity contribution in [3.63, 3.8) is 0 Å². The molecule has 4 aliphatic carbocycles. The topological polar surface area (TPSA) is 74.6 Å². The molecule has 4 rings (SSSR count). The average Bonchev–Trinajstić information content (AvgIpc) is 2.75. The van der Waals surface area contributed by atoms with Gasteiger partial charge in [0, 0.05) is 18.3 Å². The Kier molecular flexibility index (Phi) is 3.66. The molecule has 0 unspecified atom stereocenters. The molecule has 7 atom stereocenters. The van der Waals surface area contributed by atoms with E-state index in [2.05, 4.69) is 6.92 Å². The number of allylic oxidation sites excluding steroid dienone is 1. The zero-order valence-corrected chi connectivity index (χ0v) is 15.5. The van der Waals surface area contributed by atoms with Gasteiger partial charge in [0.15, 0.2) is 11.6 Å². The molecular formula is C21H30O4. The lowest BCUT2D eigenvalue weighted by molar-refractivity contribution is -0.161. The Morgan fingerprint density at radius 1 is 1.20 bits per heavy atom. The lowest BCUT2D eigenvalue weighted by Crippen LogP contribution is -2.57. The fourth-order valence-corrected chi connectivity index (χ4v) is 7.21. The fraction of sp³-hybridized carbons (Fsp3) is 0.810. The summed E-state index contributed by atoms with van der Waals surface area (Å²) in [5.41, 5.74) is -0.610. The molecular weight excluding hydrogens is 316 g/mol. The minimum atomic E-state index is -1.40. The van der Waals surface area contributed by atoms with Gasteiger partial charge in [0.2, 0.25) is 0 Å². The number of hydrogen-bond donors (Lipinski definition) is 2. The normalized spacial score (nSPS) is 52.0. The quantitative estimate of drug-likeness (QED) is 0.766. The molecule has 4 nitrogen and oxygen atoms in total. The predicted octanol–water partition coefficient (Wildman–Crippen LogP) is 2.81. The van der Waals surface area contributed by atoms with E-state index in [0.717, 1.165) is 32.1 Å². The summed E-state index contributed by atoms with van der Waals surface area (Å²) >= 11 is 0. The number of carbonyl (C=O) groups excluding carboxylic acids is 2. The number of rotatable bonds is 1. The largest absolute Gasteiger partial charge is 0.393 e. The van der Waals surface area contributed by atoms with Gasteiger partial charge in [-0.3, -0.25) is 9.59 Å². The van der Waals surface area contributed by atoms with Gasteiger partial charge in [0.1, 0.15) is 5.60 Å². The summed E-state index contributed by atoms with van der Waals surface area (Å²) in [7, 11) is 0. The summed E-state index contributed by atoms with van der Waals surface area (Å²) in [6, 6.07) is 0. The first-order valence-electron chi connectivity index (χ1n) is 9.79. The zero-order chi connectivity index (χ0) is 18.2. The van der Waals surface area contributed by atoms with Crippen LogP contribution < -0.4 is 0 Å². The van der Waals surface area contributed by atoms with Crippen molar-refractivity contribution in [3.05, 3.63) is 11.6 Å². The molecule has 0 aliphatic heterocycles. The number of carbonyl (C=O) groups is 2. The Morgan fingerprint density at radius 3 is 2.60 bits per heavy atom. The second-order valence-corrected chi connectivity index (χ2v) is 9.53. The average molecular weight is 346 g/mol. The highest BCUT2D eigenvalue weighted by atomic mass is 16.3. The monoisotopic (exact) mass is 346 g/mol. The first kappa shape index (κ1) is 17.4. The second-order valence-electron chi connectivity index (χ2n) is 9.53. The van der Waals surface area contributed by atoms with Crippen LogP contribution in [0, 0.1) is 28.6 Å². The predicted molar refractivity (Wildman–Crippen MR) is 93.7 cm³/mol. The molecule has 3 saturated carbocycles. The molecule has 0 heterocycles. The van der Waals surface area contributed by atoms with E-state index in [9.17, 15) is 19.8 Å². The number of fused-ring (bicyclic) bond motifs is 5. The maximum atomic E-state index is 12.3. The van der Waals surface area contributed by atoms with Gasteiger partial charge in [-0.15, -0.1) is 0 Å². The van der Waals surface area contributed by atoms with Crippen molar-refractivity contribution in [2.75, 3.05) is 0 Å². The molecule has 0 aromatic carbocycles. The maximum absolute atomic E-state index is 12.3. The van der Waals surface area contributed by atoms with Gasteiger partial charge < -0.3 is 10.2 Å². The third-order valence-electron chi connectivity index (χ3n) is 8.66. The lowest BCUT2D eigenvalue weighted by atomic mass is 9.46. The van der Waals surface area contributed by atoms with Gasteiger partial charge in [-0.25, -0.2) is 0 Å². The minimum absolute atomic E-state index is 0.0313. The molecule has 0 aromatic heterocycles. The third kappa shape index (κ3) is 2.07. The van der Waals surface area contributed by atoms with Crippen LogP contribution in [0.2, 0.25) is 0 Å². The lowest BCUT2D eigenvalue weighted by Gasteiger charge is -2.59. The maximum Gasteiger partial charge on any atom is 0.161 e. The van der Waals surface area contributed by atoms with Crippen LogP contribution in [0.4, 0.5) is 0 Å². The Labute approximate surface area is 149 Å². The zero-order valence-electron chi connectivity index (χ0n) is 15.5. The summed E-state index contributed by atoms with van der Waals surface area (Å²) in [6.45, 7) is 5.77. The summed E-state index contributed by atoms with van der Waals surface area (Å²) < 4.78 is 0. The first-order chi connectivity index (χ1) is 11.6. The van der Waals surface area contributed by atoms with Crippen LogP contribution in [0.1, 0.15) is 65.7 Å². The molecule has 2 N–H and O–H groups in total. The van der Waals surface area contributed by atoms with Crippen molar-refractivity contribution < 1.29 is 19.8 Å². The van der Waals surface area contributed by atoms with Crippen LogP contribution >= 0.6 is 0 Å². The smallest absolute Gasteiger partial charge is 0.161 e. The van der Waals surface area contributed by atoms with Crippen molar-refractivity contribution in [2.24, 2.45) is 28.6 Å². The fourth-order valence-electron chi connectivity index (χ4n) is 7.21. The number of aliphatic hydroxyl groups excluding tert-OH is 1. The summed E-state index contributed by atoms with van der Waals surface area (Å²) in [4.78, 5) is 24.1. The molecule has 0 bridgehead atoms. The van der Waals surface area contributed by atoms with E-state index in [0.29, 0.717) is 18.3 Å². The summed E-state index contributed by atoms with van der Waals surface area (Å²) in [5, 5.41) is 22.0. The van der Waals surface area contributed by atoms with E-state index in [-0.39, 0.29) is 29.3 Å². The second kappa shape index (κ2) is 5.26. The van der Waals surface area contributed by atoms with Gasteiger partial charge in [-0.05, 0) is 68.3 Å². The van der Waals surface area contributed by atoms with Crippen LogP contribution in [0.5, 0.6) is 0 Å². The van der Waals surface area contributed by atoms with E-state index in [1.54, 1.807) is 0 Å². The molecule has 0 spiro atoms. The van der Waals surface area contributed by atoms with Gasteiger partial charge in [0.05, 0.1) is 6.10 Å². The third-order valence-corrected chi connectivity index (χ3v) is 8.66. The Balaban J connectivity index is 1.74. The van der Waals surface area contributed by atoms with E-state index in [1.165, 1.54) is 12.5 Å². The molecule has 25 heavy (non-hydrogen) atoms. The highest BCUT2D eigenvalue weighted by Gasteiger charge is 2.68. The van der Waals surface area contributed by atoms with Gasteiger partial charge in [-0.2, -0.15) is 0 Å². The number of ketones is 2. The highest BCUT2D eigenvalue weighted by molar-refractivity contribution is 5.91. The van der Waals surface area contributed by atoms with E-state index < -0.39 is 17.1 Å². The molecule has 138 valence electrons. The summed E-state index contributed by atoms with van der Waals surface area (Å²) in [5.74, 6) is 0.760. The van der Waals surface area contributed by atoms with Crippen LogP contribution in [0.25, 0.3) is 0 Å². The molecule has 0 saturated heterocycles. The molecule has 0 radical (unpaired) electrons. The Morgan fingerprint density at radius 2 is 1.92 bits per heavy atom. The first-order valence-corrected chi connectivity index (χ1v) is 9.79. The molecule has 4 heteroatoms. The van der Waals surface area contributed by atoms with Gasteiger partial charge in [-0.1, -0.05) is 19.4 Å². The Hall–Kier alpha value is -1.00. The van der Waals surface area contributed by atoms with Crippen LogP contribution in [0.3, 0.4) is 0 Å². The van der Waals surface area contributed by atoms with Crippen molar-refractivity contribution >= 4 is 11.6 Å². The van der Waals surface area contributed by atoms with E-state index in [1.807, 2.05) is 13.0 Å². The number of hydrogen-bond acceptors (Lipinski definition) is 4. The SMILES string of the molecule is CC(=O)[C@@]1(O)C[C@@H](O)[C@H]2[C@@H]3CCC4=CC(=O)CC[C@]4(C)[C@H]3CC[C@@]21C. The van der Waals surface area contributed by atoms with Gasteiger partial charge >= 0.3 is 0 Å².